The van der Waals surface area contributed by atoms with Crippen LogP contribution in [0.4, 0.5) is 26.3 Å². The smallest absolute Gasteiger partial charge is 0.380 e. The van der Waals surface area contributed by atoms with Gasteiger partial charge < -0.3 is 5.11 Å². The number of sulfone groups is 1. The van der Waals surface area contributed by atoms with Crippen LogP contribution in [0, 0.1) is 46.3 Å². The van der Waals surface area contributed by atoms with Crippen molar-refractivity contribution in [2.45, 2.75) is 126 Å². The van der Waals surface area contributed by atoms with Crippen molar-refractivity contribution in [3.8, 4) is 0 Å². The fraction of sp³-hybridized carbons (Fsp3) is 0.818. The maximum atomic E-state index is 13.7. The van der Waals surface area contributed by atoms with Crippen LogP contribution in [0.3, 0.4) is 0 Å². The van der Waals surface area contributed by atoms with E-state index < -0.39 is 45.9 Å². The number of hydrogen-bond donors (Lipinski definition) is 1. The molecule has 0 radical (unpaired) electrons. The van der Waals surface area contributed by atoms with Gasteiger partial charge in [0.15, 0.2) is 15.4 Å². The molecular formula is C33H46F6O3S. The van der Waals surface area contributed by atoms with Gasteiger partial charge in [-0.05, 0) is 129 Å². The van der Waals surface area contributed by atoms with Gasteiger partial charge in [-0.2, -0.15) is 26.3 Å². The molecule has 1 unspecified atom stereocenters. The number of aliphatic hydroxyl groups is 1. The predicted octanol–water partition coefficient (Wildman–Crippen LogP) is 9.15. The van der Waals surface area contributed by atoms with Gasteiger partial charge in [0, 0.05) is 6.42 Å². The monoisotopic (exact) mass is 636 g/mol. The van der Waals surface area contributed by atoms with E-state index in [9.17, 15) is 39.9 Å². The predicted molar refractivity (Wildman–Crippen MR) is 153 cm³/mol. The summed E-state index contributed by atoms with van der Waals surface area (Å²) in [6, 6.07) is 7.76. The van der Waals surface area contributed by atoms with E-state index in [0.29, 0.717) is 24.7 Å². The molecule has 4 aliphatic carbocycles. The van der Waals surface area contributed by atoms with E-state index in [4.69, 9.17) is 0 Å². The summed E-state index contributed by atoms with van der Waals surface area (Å²) in [5, 5.41) is 9.37. The van der Waals surface area contributed by atoms with E-state index in [0.717, 1.165) is 32.1 Å². The molecule has 4 saturated carbocycles. The van der Waals surface area contributed by atoms with Crippen molar-refractivity contribution in [1.29, 1.82) is 0 Å². The molecule has 43 heavy (non-hydrogen) atoms. The van der Waals surface area contributed by atoms with Gasteiger partial charge in [-0.3, -0.25) is 0 Å². The zero-order valence-corrected chi connectivity index (χ0v) is 26.2. The molecule has 4 fully saturated rings. The van der Waals surface area contributed by atoms with Crippen molar-refractivity contribution < 1.29 is 39.9 Å². The van der Waals surface area contributed by atoms with Crippen molar-refractivity contribution in [3.63, 3.8) is 0 Å². The van der Waals surface area contributed by atoms with Gasteiger partial charge in [-0.15, -0.1) is 0 Å². The molecule has 244 valence electrons. The third kappa shape index (κ3) is 5.90. The minimum atomic E-state index is -4.63. The average Bonchev–Trinajstić information content (AvgIpc) is 3.28. The van der Waals surface area contributed by atoms with Crippen molar-refractivity contribution in [2.24, 2.45) is 46.3 Å². The minimum Gasteiger partial charge on any atom is -0.380 e. The first kappa shape index (κ1) is 33.1. The Morgan fingerprint density at radius 2 is 1.53 bits per heavy atom. The van der Waals surface area contributed by atoms with Crippen LogP contribution in [-0.2, 0) is 9.84 Å². The van der Waals surface area contributed by atoms with Gasteiger partial charge in [-0.25, -0.2) is 8.42 Å². The lowest BCUT2D eigenvalue weighted by molar-refractivity contribution is -0.290. The summed E-state index contributed by atoms with van der Waals surface area (Å²) in [5.41, 5.74) is -2.95. The summed E-state index contributed by atoms with van der Waals surface area (Å²) >= 11 is 0. The van der Waals surface area contributed by atoms with Gasteiger partial charge in [0.05, 0.1) is 10.1 Å². The van der Waals surface area contributed by atoms with Gasteiger partial charge in [0.2, 0.25) is 0 Å². The van der Waals surface area contributed by atoms with Crippen LogP contribution in [0.15, 0.2) is 35.2 Å². The molecule has 1 N–H and O–H groups in total. The van der Waals surface area contributed by atoms with E-state index in [-0.39, 0.29) is 58.7 Å². The summed E-state index contributed by atoms with van der Waals surface area (Å²) in [5.74, 6) is 0.917. The second-order valence-corrected chi connectivity index (χ2v) is 17.2. The highest BCUT2D eigenvalue weighted by molar-refractivity contribution is 7.92. The van der Waals surface area contributed by atoms with Gasteiger partial charge in [0.25, 0.3) is 0 Å². The molecule has 0 saturated heterocycles. The maximum Gasteiger partial charge on any atom is 0.417 e. The zero-order chi connectivity index (χ0) is 31.6. The van der Waals surface area contributed by atoms with E-state index in [2.05, 4.69) is 13.8 Å². The molecule has 10 atom stereocenters. The van der Waals surface area contributed by atoms with Crippen LogP contribution in [0.2, 0.25) is 0 Å². The standard InChI is InChI=1S/C33H46F6O3S/c1-21(19-24(13-16-32(34,35)36)43(41,42)23-7-5-4-6-8-23)26-11-12-27-25-10-9-22-20-31(40,33(37,38)39)18-17-29(22,2)28(25)14-15-30(26,27)3/h4-8,21-22,24-28,40H,9-20H2,1-3H3/t21-,22+,24?,25+,26-,27+,28+,29+,30-,31+/m1/s1. The molecule has 10 heteroatoms. The molecule has 0 bridgehead atoms. The van der Waals surface area contributed by atoms with E-state index in [1.54, 1.807) is 18.2 Å². The third-order valence-corrected chi connectivity index (χ3v) is 15.1. The third-order valence-electron chi connectivity index (χ3n) is 12.9. The van der Waals surface area contributed by atoms with E-state index in [1.807, 2.05) is 6.92 Å². The number of hydrogen-bond acceptors (Lipinski definition) is 3. The minimum absolute atomic E-state index is 0.0558. The Hall–Kier alpha value is -1.29. The second-order valence-electron chi connectivity index (χ2n) is 15.0. The normalized spacial score (nSPS) is 39.8. The molecule has 1 aromatic carbocycles. The highest BCUT2D eigenvalue weighted by Gasteiger charge is 2.65. The van der Waals surface area contributed by atoms with Crippen molar-refractivity contribution in [1.82, 2.24) is 0 Å². The molecule has 0 aromatic heterocycles. The van der Waals surface area contributed by atoms with Crippen LogP contribution in [0.5, 0.6) is 0 Å². The lowest BCUT2D eigenvalue weighted by atomic mass is 9.43. The first-order valence-electron chi connectivity index (χ1n) is 16.0. The van der Waals surface area contributed by atoms with Crippen LogP contribution in [0.25, 0.3) is 0 Å². The SMILES string of the molecule is C[C@H](CC(CCC(F)(F)F)S(=O)(=O)c1ccccc1)[C@H]1CC[C@H]2[C@@H]3CC[C@H]4C[C@](O)(C(F)(F)F)CC[C@]4(C)[C@H]3CC[C@]12C. The molecule has 0 heterocycles. The Bertz CT molecular complexity index is 1250. The van der Waals surface area contributed by atoms with Crippen LogP contribution in [0.1, 0.15) is 97.8 Å². The molecule has 5 rings (SSSR count). The summed E-state index contributed by atoms with van der Waals surface area (Å²) in [6.45, 7) is 6.42. The molecule has 0 spiro atoms. The van der Waals surface area contributed by atoms with Crippen molar-refractivity contribution in [3.05, 3.63) is 30.3 Å². The number of halogens is 6. The molecule has 3 nitrogen and oxygen atoms in total. The highest BCUT2D eigenvalue weighted by Crippen LogP contribution is 2.69. The van der Waals surface area contributed by atoms with Crippen molar-refractivity contribution >= 4 is 9.84 Å². The van der Waals surface area contributed by atoms with E-state index >= 15 is 0 Å². The van der Waals surface area contributed by atoms with Crippen LogP contribution < -0.4 is 0 Å². The Morgan fingerprint density at radius 3 is 2.16 bits per heavy atom. The van der Waals surface area contributed by atoms with Gasteiger partial charge in [0.1, 0.15) is 0 Å². The van der Waals surface area contributed by atoms with Gasteiger partial charge in [-0.1, -0.05) is 39.0 Å². The molecule has 0 aliphatic heterocycles. The van der Waals surface area contributed by atoms with E-state index in [1.165, 1.54) is 12.1 Å². The molecule has 0 amide bonds. The molecule has 4 aliphatic rings. The number of rotatable bonds is 7. The zero-order valence-electron chi connectivity index (χ0n) is 25.4. The first-order valence-corrected chi connectivity index (χ1v) is 17.5. The second kappa shape index (κ2) is 11.2. The molecular weight excluding hydrogens is 590 g/mol. The fourth-order valence-electron chi connectivity index (χ4n) is 10.6. The Labute approximate surface area is 252 Å². The maximum absolute atomic E-state index is 13.7. The largest absolute Gasteiger partial charge is 0.417 e. The average molecular weight is 637 g/mol. The van der Waals surface area contributed by atoms with Gasteiger partial charge >= 0.3 is 12.4 Å². The molecule has 1 aromatic rings. The summed E-state index contributed by atoms with van der Waals surface area (Å²) < 4.78 is 108. The Balaban J connectivity index is 1.33. The van der Waals surface area contributed by atoms with Crippen LogP contribution >= 0.6 is 0 Å². The highest BCUT2D eigenvalue weighted by atomic mass is 32.2. The lowest BCUT2D eigenvalue weighted by Gasteiger charge is -2.62. The van der Waals surface area contributed by atoms with Crippen LogP contribution in [-0.4, -0.2) is 36.7 Å². The first-order chi connectivity index (χ1) is 19.8. The summed E-state index contributed by atoms with van der Waals surface area (Å²) in [6.07, 6.45) is -5.53. The summed E-state index contributed by atoms with van der Waals surface area (Å²) in [7, 11) is -3.96. The Kier molecular flexibility index (Phi) is 8.62. The number of fused-ring (bicyclic) bond motifs is 5. The quantitative estimate of drug-likeness (QED) is 0.304. The number of benzene rings is 1. The van der Waals surface area contributed by atoms with Crippen molar-refractivity contribution in [2.75, 3.05) is 0 Å². The fourth-order valence-corrected chi connectivity index (χ4v) is 12.5. The Morgan fingerprint density at radius 1 is 0.884 bits per heavy atom. The number of alkyl halides is 6. The lowest BCUT2D eigenvalue weighted by Crippen LogP contribution is -2.59. The topological polar surface area (TPSA) is 54.4 Å². The summed E-state index contributed by atoms with van der Waals surface area (Å²) in [4.78, 5) is 0.0558.